The van der Waals surface area contributed by atoms with Crippen molar-refractivity contribution < 1.29 is 4.74 Å². The minimum absolute atomic E-state index is 0. The Morgan fingerprint density at radius 1 is 1.50 bits per heavy atom. The van der Waals surface area contributed by atoms with E-state index in [1.54, 1.807) is 0 Å². The van der Waals surface area contributed by atoms with Crippen LogP contribution in [0.2, 0.25) is 0 Å². The van der Waals surface area contributed by atoms with Crippen LogP contribution in [-0.2, 0) is 18.3 Å². The molecule has 7 heteroatoms. The van der Waals surface area contributed by atoms with Gasteiger partial charge in [0.15, 0.2) is 5.96 Å². The summed E-state index contributed by atoms with van der Waals surface area (Å²) in [6, 6.07) is 0. The van der Waals surface area contributed by atoms with Crippen LogP contribution in [0.4, 0.5) is 0 Å². The van der Waals surface area contributed by atoms with Crippen molar-refractivity contribution in [3.8, 4) is 0 Å². The zero-order chi connectivity index (χ0) is 16.8. The molecule has 0 spiro atoms. The van der Waals surface area contributed by atoms with Crippen LogP contribution in [0.3, 0.4) is 0 Å². The van der Waals surface area contributed by atoms with Gasteiger partial charge in [-0.2, -0.15) is 5.10 Å². The van der Waals surface area contributed by atoms with Crippen LogP contribution in [0.1, 0.15) is 43.9 Å². The lowest BCUT2D eigenvalue weighted by atomic mass is 10.1. The molecule has 1 aromatic rings. The number of nitrogens with one attached hydrogen (secondary N) is 1. The summed E-state index contributed by atoms with van der Waals surface area (Å²) in [6.07, 6.45) is 4.76. The summed E-state index contributed by atoms with van der Waals surface area (Å²) in [5.74, 6) is 2.13. The number of halogens is 1. The first-order valence-electron chi connectivity index (χ1n) is 8.53. The first-order chi connectivity index (χ1) is 11.0. The van der Waals surface area contributed by atoms with E-state index >= 15 is 0 Å². The predicted molar refractivity (Wildman–Crippen MR) is 109 cm³/mol. The first kappa shape index (κ1) is 21.2. The highest BCUT2D eigenvalue weighted by molar-refractivity contribution is 14.0. The molecular formula is C17H32IN5O. The quantitative estimate of drug-likeness (QED) is 0.287. The molecule has 0 radical (unpaired) electrons. The average Bonchev–Trinajstić information content (AvgIpc) is 3.25. The van der Waals surface area contributed by atoms with Crippen molar-refractivity contribution in [2.45, 2.75) is 39.2 Å². The van der Waals surface area contributed by atoms with Crippen LogP contribution in [-0.4, -0.2) is 54.5 Å². The van der Waals surface area contributed by atoms with Crippen LogP contribution in [0.5, 0.6) is 0 Å². The number of aliphatic imine (C=N–C) groups is 1. The Balaban J connectivity index is 0.00000288. The second kappa shape index (κ2) is 10.2. The fourth-order valence-electron chi connectivity index (χ4n) is 2.65. The zero-order valence-electron chi connectivity index (χ0n) is 15.6. The Labute approximate surface area is 163 Å². The van der Waals surface area contributed by atoms with Crippen LogP contribution < -0.4 is 5.32 Å². The number of rotatable bonds is 8. The Morgan fingerprint density at radius 2 is 2.21 bits per heavy atom. The fourth-order valence-corrected chi connectivity index (χ4v) is 2.65. The first-order valence-corrected chi connectivity index (χ1v) is 8.53. The summed E-state index contributed by atoms with van der Waals surface area (Å²) in [6.45, 7) is 7.57. The highest BCUT2D eigenvalue weighted by Crippen LogP contribution is 2.28. The fraction of sp³-hybridized carbons (Fsp3) is 0.765. The van der Waals surface area contributed by atoms with Crippen LogP contribution in [0.15, 0.2) is 11.2 Å². The molecule has 0 bridgehead atoms. The summed E-state index contributed by atoms with van der Waals surface area (Å²) >= 11 is 0. The van der Waals surface area contributed by atoms with E-state index in [0.29, 0.717) is 5.92 Å². The van der Waals surface area contributed by atoms with E-state index in [9.17, 15) is 0 Å². The smallest absolute Gasteiger partial charge is 0.193 e. The Hall–Kier alpha value is -0.830. The van der Waals surface area contributed by atoms with Crippen molar-refractivity contribution in [1.29, 1.82) is 0 Å². The molecule has 1 aliphatic carbocycles. The van der Waals surface area contributed by atoms with Crippen molar-refractivity contribution in [1.82, 2.24) is 20.0 Å². The van der Waals surface area contributed by atoms with E-state index in [4.69, 9.17) is 4.74 Å². The van der Waals surface area contributed by atoms with E-state index in [-0.39, 0.29) is 24.0 Å². The Bertz CT molecular complexity index is 525. The third kappa shape index (κ3) is 6.58. The van der Waals surface area contributed by atoms with Crippen LogP contribution in [0, 0.1) is 5.92 Å². The van der Waals surface area contributed by atoms with Crippen LogP contribution >= 0.6 is 24.0 Å². The third-order valence-electron chi connectivity index (χ3n) is 4.04. The van der Waals surface area contributed by atoms with Gasteiger partial charge in [0.2, 0.25) is 0 Å². The molecule has 0 amide bonds. The predicted octanol–water partition coefficient (Wildman–Crippen LogP) is 2.60. The second-order valence-corrected chi connectivity index (χ2v) is 6.72. The van der Waals surface area contributed by atoms with Gasteiger partial charge in [0.25, 0.3) is 0 Å². The van der Waals surface area contributed by atoms with Gasteiger partial charge < -0.3 is 15.0 Å². The van der Waals surface area contributed by atoms with Gasteiger partial charge in [0, 0.05) is 52.6 Å². The topological polar surface area (TPSA) is 54.7 Å². The SMILES string of the molecule is CN=C(NCCOCC1CC1)N(C)Cc1cn(C)nc1C(C)C.I. The maximum atomic E-state index is 5.66. The van der Waals surface area contributed by atoms with Crippen LogP contribution in [0.25, 0.3) is 0 Å². The number of nitrogens with zero attached hydrogens (tertiary/aromatic N) is 4. The molecule has 0 atom stereocenters. The van der Waals surface area contributed by atoms with Gasteiger partial charge >= 0.3 is 0 Å². The van der Waals surface area contributed by atoms with Gasteiger partial charge in [-0.25, -0.2) is 0 Å². The Morgan fingerprint density at radius 3 is 2.79 bits per heavy atom. The van der Waals surface area contributed by atoms with Crippen molar-refractivity contribution in [2.24, 2.45) is 18.0 Å². The highest BCUT2D eigenvalue weighted by Gasteiger charge is 2.21. The number of hydrogen-bond donors (Lipinski definition) is 1. The molecule has 1 aliphatic rings. The number of ether oxygens (including phenoxy) is 1. The van der Waals surface area contributed by atoms with Gasteiger partial charge in [-0.15, -0.1) is 24.0 Å². The number of aromatic nitrogens is 2. The summed E-state index contributed by atoms with van der Waals surface area (Å²) in [5.41, 5.74) is 2.40. The van der Waals surface area contributed by atoms with Crippen molar-refractivity contribution in [3.63, 3.8) is 0 Å². The zero-order valence-corrected chi connectivity index (χ0v) is 17.9. The molecule has 6 nitrogen and oxygen atoms in total. The highest BCUT2D eigenvalue weighted by atomic mass is 127. The summed E-state index contributed by atoms with van der Waals surface area (Å²) in [4.78, 5) is 6.49. The van der Waals surface area contributed by atoms with E-state index in [1.165, 1.54) is 18.4 Å². The van der Waals surface area contributed by atoms with E-state index < -0.39 is 0 Å². The van der Waals surface area contributed by atoms with Gasteiger partial charge in [0.1, 0.15) is 0 Å². The van der Waals surface area contributed by atoms with Gasteiger partial charge in [-0.3, -0.25) is 9.67 Å². The maximum Gasteiger partial charge on any atom is 0.193 e. The molecule has 0 aliphatic heterocycles. The molecule has 0 unspecified atom stereocenters. The standard InChI is InChI=1S/C17H31N5O.HI/c1-13(2)16-15(11-22(5)20-16)10-21(4)17(18-3)19-8-9-23-12-14-6-7-14;/h11,13-14H,6-10,12H2,1-5H3,(H,18,19);1H. The monoisotopic (exact) mass is 449 g/mol. The van der Waals surface area contributed by atoms with E-state index in [2.05, 4.69) is 47.4 Å². The van der Waals surface area contributed by atoms with Gasteiger partial charge in [-0.1, -0.05) is 13.8 Å². The van der Waals surface area contributed by atoms with E-state index in [0.717, 1.165) is 43.9 Å². The molecule has 0 saturated heterocycles. The molecule has 1 saturated carbocycles. The molecule has 2 rings (SSSR count). The summed E-state index contributed by atoms with van der Waals surface area (Å²) in [5, 5.41) is 7.93. The van der Waals surface area contributed by atoms with Crippen molar-refractivity contribution in [2.75, 3.05) is 33.9 Å². The number of guanidine groups is 1. The second-order valence-electron chi connectivity index (χ2n) is 6.72. The minimum atomic E-state index is 0. The molecule has 1 fully saturated rings. The third-order valence-corrected chi connectivity index (χ3v) is 4.04. The van der Waals surface area contributed by atoms with E-state index in [1.807, 2.05) is 18.8 Å². The van der Waals surface area contributed by atoms with Crippen molar-refractivity contribution >= 4 is 29.9 Å². The summed E-state index contributed by atoms with van der Waals surface area (Å²) < 4.78 is 7.54. The summed E-state index contributed by atoms with van der Waals surface area (Å²) in [7, 11) is 5.84. The lowest BCUT2D eigenvalue weighted by Gasteiger charge is -2.22. The molecule has 138 valence electrons. The van der Waals surface area contributed by atoms with Gasteiger partial charge in [-0.05, 0) is 24.7 Å². The molecule has 1 N–H and O–H groups in total. The lowest BCUT2D eigenvalue weighted by molar-refractivity contribution is 0.128. The van der Waals surface area contributed by atoms with Gasteiger partial charge in [0.05, 0.1) is 12.3 Å². The number of hydrogen-bond acceptors (Lipinski definition) is 3. The lowest BCUT2D eigenvalue weighted by Crippen LogP contribution is -2.40. The molecular weight excluding hydrogens is 417 g/mol. The minimum Gasteiger partial charge on any atom is -0.379 e. The molecule has 24 heavy (non-hydrogen) atoms. The largest absolute Gasteiger partial charge is 0.379 e. The molecule has 0 aromatic carbocycles. The normalized spacial score (nSPS) is 14.7. The maximum absolute atomic E-state index is 5.66. The molecule has 1 heterocycles. The molecule has 1 aromatic heterocycles. The number of aryl methyl sites for hydroxylation is 1. The Kier molecular flexibility index (Phi) is 9.04. The average molecular weight is 449 g/mol. The van der Waals surface area contributed by atoms with Crippen molar-refractivity contribution in [3.05, 3.63) is 17.5 Å².